The molecule has 0 saturated carbocycles. The highest BCUT2D eigenvalue weighted by molar-refractivity contribution is 9.10. The summed E-state index contributed by atoms with van der Waals surface area (Å²) in [4.78, 5) is 4.08. The molecule has 0 amide bonds. The molecule has 2 N–H and O–H groups in total. The van der Waals surface area contributed by atoms with Crippen molar-refractivity contribution in [2.75, 3.05) is 0 Å². The summed E-state index contributed by atoms with van der Waals surface area (Å²) in [6, 6.07) is -0.218. The fraction of sp³-hybridized carbons (Fsp3) is 0.400. The van der Waals surface area contributed by atoms with Crippen molar-refractivity contribution in [1.82, 2.24) is 19.3 Å². The first-order chi connectivity index (χ1) is 7.65. The number of imidazole rings is 1. The van der Waals surface area contributed by atoms with Crippen LogP contribution >= 0.6 is 15.9 Å². The van der Waals surface area contributed by atoms with Crippen LogP contribution in [0.3, 0.4) is 0 Å². The Hall–Kier alpha value is -1.14. The standard InChI is InChI=1S/C10H14BrN5/c1-3-16-10(7(11)4-14-16)9(12)8-5-13-6-15(8)2/h4-6,9H,3,12H2,1-2H3. The third-order valence-corrected chi connectivity index (χ3v) is 3.21. The maximum atomic E-state index is 6.23. The quantitative estimate of drug-likeness (QED) is 0.928. The molecule has 2 rings (SSSR count). The van der Waals surface area contributed by atoms with Crippen molar-refractivity contribution >= 4 is 15.9 Å². The fourth-order valence-corrected chi connectivity index (χ4v) is 2.28. The molecule has 86 valence electrons. The zero-order chi connectivity index (χ0) is 11.7. The summed E-state index contributed by atoms with van der Waals surface area (Å²) in [5.41, 5.74) is 8.18. The molecular weight excluding hydrogens is 270 g/mol. The molecule has 1 unspecified atom stereocenters. The maximum Gasteiger partial charge on any atom is 0.0946 e. The summed E-state index contributed by atoms with van der Waals surface area (Å²) < 4.78 is 4.74. The van der Waals surface area contributed by atoms with Crippen LogP contribution in [-0.2, 0) is 13.6 Å². The topological polar surface area (TPSA) is 61.7 Å². The lowest BCUT2D eigenvalue weighted by Crippen LogP contribution is -2.20. The molecule has 0 spiro atoms. The van der Waals surface area contributed by atoms with E-state index in [1.54, 1.807) is 18.7 Å². The molecule has 0 fully saturated rings. The van der Waals surface area contributed by atoms with Gasteiger partial charge in [0.2, 0.25) is 0 Å². The third-order valence-electron chi connectivity index (χ3n) is 2.60. The fourth-order valence-electron chi connectivity index (χ4n) is 1.74. The molecule has 2 heterocycles. The van der Waals surface area contributed by atoms with Gasteiger partial charge in [-0.2, -0.15) is 5.10 Å². The number of rotatable bonds is 3. The Kier molecular flexibility index (Phi) is 3.11. The number of nitrogens with zero attached hydrogens (tertiary/aromatic N) is 4. The number of halogens is 1. The van der Waals surface area contributed by atoms with Gasteiger partial charge in [0.05, 0.1) is 40.6 Å². The zero-order valence-corrected chi connectivity index (χ0v) is 10.8. The Morgan fingerprint density at radius 2 is 2.25 bits per heavy atom. The van der Waals surface area contributed by atoms with Gasteiger partial charge in [-0.1, -0.05) is 0 Å². The molecule has 6 heteroatoms. The van der Waals surface area contributed by atoms with E-state index in [0.29, 0.717) is 0 Å². The van der Waals surface area contributed by atoms with Crippen LogP contribution in [0.1, 0.15) is 24.4 Å². The third kappa shape index (κ3) is 1.78. The van der Waals surface area contributed by atoms with Crippen LogP contribution < -0.4 is 5.73 Å². The highest BCUT2D eigenvalue weighted by Crippen LogP contribution is 2.26. The molecule has 16 heavy (non-hydrogen) atoms. The Balaban J connectivity index is 2.44. The van der Waals surface area contributed by atoms with E-state index in [-0.39, 0.29) is 6.04 Å². The van der Waals surface area contributed by atoms with Crippen molar-refractivity contribution in [3.63, 3.8) is 0 Å². The first kappa shape index (κ1) is 11.3. The van der Waals surface area contributed by atoms with Crippen molar-refractivity contribution in [1.29, 1.82) is 0 Å². The molecule has 0 aliphatic rings. The Morgan fingerprint density at radius 3 is 2.81 bits per heavy atom. The summed E-state index contributed by atoms with van der Waals surface area (Å²) in [6.45, 7) is 2.84. The van der Waals surface area contributed by atoms with E-state index in [1.165, 1.54) is 0 Å². The van der Waals surface area contributed by atoms with Gasteiger partial charge in [0, 0.05) is 13.6 Å². The lowest BCUT2D eigenvalue weighted by molar-refractivity contribution is 0.587. The summed E-state index contributed by atoms with van der Waals surface area (Å²) in [6.07, 6.45) is 5.30. The van der Waals surface area contributed by atoms with E-state index in [2.05, 4.69) is 26.0 Å². The van der Waals surface area contributed by atoms with Gasteiger partial charge in [-0.25, -0.2) is 4.98 Å². The molecular formula is C10H14BrN5. The van der Waals surface area contributed by atoms with Crippen molar-refractivity contribution < 1.29 is 0 Å². The summed E-state index contributed by atoms with van der Waals surface area (Å²) in [5, 5.41) is 4.25. The summed E-state index contributed by atoms with van der Waals surface area (Å²) in [7, 11) is 1.93. The van der Waals surface area contributed by atoms with Gasteiger partial charge in [0.25, 0.3) is 0 Å². The van der Waals surface area contributed by atoms with E-state index in [4.69, 9.17) is 5.73 Å². The van der Waals surface area contributed by atoms with Crippen LogP contribution in [0.2, 0.25) is 0 Å². The van der Waals surface area contributed by atoms with Gasteiger partial charge in [-0.3, -0.25) is 4.68 Å². The highest BCUT2D eigenvalue weighted by Gasteiger charge is 2.19. The monoisotopic (exact) mass is 283 g/mol. The van der Waals surface area contributed by atoms with Gasteiger partial charge < -0.3 is 10.3 Å². The highest BCUT2D eigenvalue weighted by atomic mass is 79.9. The number of hydrogen-bond acceptors (Lipinski definition) is 3. The number of hydrogen-bond donors (Lipinski definition) is 1. The van der Waals surface area contributed by atoms with E-state index < -0.39 is 0 Å². The average Bonchev–Trinajstić information content (AvgIpc) is 2.83. The van der Waals surface area contributed by atoms with Gasteiger partial charge in [0.1, 0.15) is 0 Å². The Labute approximate surface area is 102 Å². The van der Waals surface area contributed by atoms with Gasteiger partial charge in [0.15, 0.2) is 0 Å². The number of aryl methyl sites for hydroxylation is 2. The molecule has 2 aromatic heterocycles. The first-order valence-electron chi connectivity index (χ1n) is 5.08. The van der Waals surface area contributed by atoms with Crippen molar-refractivity contribution in [2.24, 2.45) is 12.8 Å². The Morgan fingerprint density at radius 1 is 1.50 bits per heavy atom. The predicted octanol–water partition coefficient (Wildman–Crippen LogP) is 1.45. The van der Waals surface area contributed by atoms with Gasteiger partial charge in [-0.05, 0) is 22.9 Å². The smallest absolute Gasteiger partial charge is 0.0946 e. The lowest BCUT2D eigenvalue weighted by Gasteiger charge is -2.14. The van der Waals surface area contributed by atoms with Crippen LogP contribution in [0, 0.1) is 0 Å². The van der Waals surface area contributed by atoms with E-state index in [1.807, 2.05) is 23.2 Å². The van der Waals surface area contributed by atoms with Crippen LogP contribution in [0.4, 0.5) is 0 Å². The normalized spacial score (nSPS) is 13.0. The predicted molar refractivity (Wildman–Crippen MR) is 64.8 cm³/mol. The van der Waals surface area contributed by atoms with Gasteiger partial charge >= 0.3 is 0 Å². The van der Waals surface area contributed by atoms with Crippen LogP contribution in [0.15, 0.2) is 23.2 Å². The minimum absolute atomic E-state index is 0.218. The SMILES string of the molecule is CCn1ncc(Br)c1C(N)c1cncn1C. The summed E-state index contributed by atoms with van der Waals surface area (Å²) >= 11 is 3.48. The average molecular weight is 284 g/mol. The maximum absolute atomic E-state index is 6.23. The molecule has 0 aliphatic heterocycles. The van der Waals surface area contributed by atoms with Crippen LogP contribution in [0.25, 0.3) is 0 Å². The molecule has 2 aromatic rings. The molecule has 1 atom stereocenters. The number of nitrogens with two attached hydrogens (primary N) is 1. The van der Waals surface area contributed by atoms with Gasteiger partial charge in [-0.15, -0.1) is 0 Å². The van der Waals surface area contributed by atoms with Crippen molar-refractivity contribution in [3.8, 4) is 0 Å². The second kappa shape index (κ2) is 4.39. The number of aromatic nitrogens is 4. The molecule has 0 aliphatic carbocycles. The van der Waals surface area contributed by atoms with Crippen molar-refractivity contribution in [2.45, 2.75) is 19.5 Å². The molecule has 0 aromatic carbocycles. The Bertz CT molecular complexity index is 487. The first-order valence-corrected chi connectivity index (χ1v) is 5.87. The van der Waals surface area contributed by atoms with Crippen LogP contribution in [0.5, 0.6) is 0 Å². The minimum atomic E-state index is -0.218. The second-order valence-corrected chi connectivity index (χ2v) is 4.45. The summed E-state index contributed by atoms with van der Waals surface area (Å²) in [5.74, 6) is 0. The van der Waals surface area contributed by atoms with Crippen LogP contribution in [-0.4, -0.2) is 19.3 Å². The molecule has 5 nitrogen and oxygen atoms in total. The molecule has 0 bridgehead atoms. The van der Waals surface area contributed by atoms with E-state index >= 15 is 0 Å². The zero-order valence-electron chi connectivity index (χ0n) is 9.26. The lowest BCUT2D eigenvalue weighted by atomic mass is 10.1. The minimum Gasteiger partial charge on any atom is -0.336 e. The van der Waals surface area contributed by atoms with E-state index in [9.17, 15) is 0 Å². The molecule has 0 radical (unpaired) electrons. The van der Waals surface area contributed by atoms with E-state index in [0.717, 1.165) is 22.4 Å². The largest absolute Gasteiger partial charge is 0.336 e. The molecule has 0 saturated heterocycles. The second-order valence-electron chi connectivity index (χ2n) is 3.60. The van der Waals surface area contributed by atoms with Crippen molar-refractivity contribution in [3.05, 3.63) is 34.6 Å².